The fourth-order valence-electron chi connectivity index (χ4n) is 1.75. The van der Waals surface area contributed by atoms with Crippen LogP contribution in [0.3, 0.4) is 0 Å². The van der Waals surface area contributed by atoms with Gasteiger partial charge in [-0.3, -0.25) is 0 Å². The van der Waals surface area contributed by atoms with Crippen molar-refractivity contribution in [3.8, 4) is 0 Å². The minimum Gasteiger partial charge on any atom is -0.461 e. The van der Waals surface area contributed by atoms with Gasteiger partial charge in [-0.05, 0) is 6.42 Å². The van der Waals surface area contributed by atoms with Gasteiger partial charge in [0.15, 0.2) is 0 Å². The summed E-state index contributed by atoms with van der Waals surface area (Å²) in [5.74, 6) is 0. The van der Waals surface area contributed by atoms with Crippen molar-refractivity contribution in [2.24, 2.45) is 0 Å². The van der Waals surface area contributed by atoms with E-state index in [-0.39, 0.29) is 0 Å². The molecular weight excluding hydrogens is 114 g/mol. The minimum absolute atomic E-state index is 0.530. The summed E-state index contributed by atoms with van der Waals surface area (Å²) in [6.07, 6.45) is 3.12. The summed E-state index contributed by atoms with van der Waals surface area (Å²) < 4.78 is 5.49. The molecule has 0 saturated carbocycles. The fraction of sp³-hybridized carbons (Fsp3) is 0.857. The molecule has 52 valence electrons. The first-order chi connectivity index (χ1) is 4.36. The molecule has 1 unspecified atom stereocenters. The van der Waals surface area contributed by atoms with Gasteiger partial charge >= 0.3 is 0 Å². The second-order valence-electron chi connectivity index (χ2n) is 3.09. The molecule has 0 amide bonds. The van der Waals surface area contributed by atoms with Crippen LogP contribution in [0.5, 0.6) is 0 Å². The van der Waals surface area contributed by atoms with E-state index in [9.17, 15) is 0 Å². The minimum atomic E-state index is 0.530. The van der Waals surface area contributed by atoms with E-state index in [0.29, 0.717) is 12.1 Å². The zero-order chi connectivity index (χ0) is 6.27. The average Bonchev–Trinajstić information content (AvgIpc) is 1.90. The summed E-state index contributed by atoms with van der Waals surface area (Å²) in [7, 11) is 4.02. The summed E-state index contributed by atoms with van der Waals surface area (Å²) in [6, 6.07) is 0.704. The van der Waals surface area contributed by atoms with Gasteiger partial charge in [-0.1, -0.05) is 0 Å². The maximum Gasteiger partial charge on any atom is 0.105 e. The highest BCUT2D eigenvalue weighted by Gasteiger charge is 2.32. The lowest BCUT2D eigenvalue weighted by Gasteiger charge is -2.44. The van der Waals surface area contributed by atoms with Gasteiger partial charge in [0.1, 0.15) is 6.10 Å². The summed E-state index contributed by atoms with van der Waals surface area (Å²) in [5.41, 5.74) is 0. The number of piperidine rings is 1. The molecular formula is C7H13NO. The number of hydrogen-bond donors (Lipinski definition) is 1. The van der Waals surface area contributed by atoms with E-state index in [4.69, 9.17) is 4.74 Å². The molecule has 0 aliphatic carbocycles. The molecule has 2 heteroatoms. The Bertz CT molecular complexity index is 107. The molecule has 3 fully saturated rings. The maximum atomic E-state index is 5.49. The normalized spacial score (nSPS) is 49.7. The molecule has 3 rings (SSSR count). The van der Waals surface area contributed by atoms with E-state index >= 15 is 0 Å². The van der Waals surface area contributed by atoms with Crippen molar-refractivity contribution in [2.75, 3.05) is 13.2 Å². The second kappa shape index (κ2) is 1.96. The topological polar surface area (TPSA) is 13.7 Å². The third-order valence-electron chi connectivity index (χ3n) is 2.44. The monoisotopic (exact) mass is 127 g/mol. The van der Waals surface area contributed by atoms with Crippen LogP contribution in [0.15, 0.2) is 0 Å². The van der Waals surface area contributed by atoms with Crippen LogP contribution in [-0.4, -0.2) is 25.3 Å². The molecule has 2 nitrogen and oxygen atoms in total. The highest BCUT2D eigenvalue weighted by Crippen LogP contribution is 2.14. The first-order valence-electron chi connectivity index (χ1n) is 3.65. The van der Waals surface area contributed by atoms with Gasteiger partial charge in [0, 0.05) is 6.42 Å². The van der Waals surface area contributed by atoms with E-state index in [0.717, 1.165) is 13.2 Å². The van der Waals surface area contributed by atoms with E-state index in [1.165, 1.54) is 17.7 Å². The summed E-state index contributed by atoms with van der Waals surface area (Å²) in [6.45, 7) is 2.08. The van der Waals surface area contributed by atoms with Crippen molar-refractivity contribution in [1.29, 1.82) is 0 Å². The SMILES string of the molecule is [CH2-][NH+]1C[C@H]2CC[C@@H]1CO2. The summed E-state index contributed by atoms with van der Waals surface area (Å²) in [4.78, 5) is 1.43. The Labute approximate surface area is 55.8 Å². The molecule has 3 aliphatic heterocycles. The van der Waals surface area contributed by atoms with E-state index in [2.05, 4.69) is 7.05 Å². The first kappa shape index (κ1) is 5.69. The van der Waals surface area contributed by atoms with Crippen molar-refractivity contribution < 1.29 is 9.64 Å². The van der Waals surface area contributed by atoms with Crippen molar-refractivity contribution in [3.05, 3.63) is 7.05 Å². The molecule has 3 atom stereocenters. The number of nitrogens with one attached hydrogen (secondary N) is 1. The van der Waals surface area contributed by atoms with Crippen molar-refractivity contribution in [2.45, 2.75) is 25.0 Å². The lowest BCUT2D eigenvalue weighted by Crippen LogP contribution is -3.15. The molecule has 3 aliphatic rings. The Morgan fingerprint density at radius 3 is 2.56 bits per heavy atom. The van der Waals surface area contributed by atoms with Crippen molar-refractivity contribution >= 4 is 0 Å². The van der Waals surface area contributed by atoms with Crippen LogP contribution in [0.2, 0.25) is 0 Å². The molecule has 0 aromatic carbocycles. The van der Waals surface area contributed by atoms with Gasteiger partial charge in [-0.15, -0.1) is 0 Å². The molecule has 0 radical (unpaired) electrons. The van der Waals surface area contributed by atoms with Crippen LogP contribution in [0.1, 0.15) is 12.8 Å². The zero-order valence-electron chi connectivity index (χ0n) is 5.60. The molecule has 3 heterocycles. The van der Waals surface area contributed by atoms with Gasteiger partial charge in [0.05, 0.1) is 19.2 Å². The molecule has 0 spiro atoms. The van der Waals surface area contributed by atoms with Gasteiger partial charge in [-0.2, -0.15) is 7.05 Å². The highest BCUT2D eigenvalue weighted by molar-refractivity contribution is 4.74. The van der Waals surface area contributed by atoms with Crippen LogP contribution >= 0.6 is 0 Å². The van der Waals surface area contributed by atoms with Crippen LogP contribution < -0.4 is 4.90 Å². The number of fused-ring (bicyclic) bond motifs is 3. The van der Waals surface area contributed by atoms with Gasteiger partial charge in [0.2, 0.25) is 0 Å². The summed E-state index contributed by atoms with van der Waals surface area (Å²) >= 11 is 0. The Balaban J connectivity index is 2.06. The number of morpholine rings is 1. The second-order valence-corrected chi connectivity index (χ2v) is 3.09. The van der Waals surface area contributed by atoms with Gasteiger partial charge in [-0.25, -0.2) is 0 Å². The first-order valence-corrected chi connectivity index (χ1v) is 3.65. The predicted molar refractivity (Wildman–Crippen MR) is 33.9 cm³/mol. The third kappa shape index (κ3) is 0.864. The average molecular weight is 127 g/mol. The standard InChI is InChI=1S/C7H13NO/c1-8-4-7-3-2-6(8)5-9-7/h6-8H,1-5H2/t6-,7-/m1/s1. The molecule has 9 heavy (non-hydrogen) atoms. The fourth-order valence-corrected chi connectivity index (χ4v) is 1.75. The lowest BCUT2D eigenvalue weighted by molar-refractivity contribution is -0.901. The van der Waals surface area contributed by atoms with E-state index < -0.39 is 0 Å². The Kier molecular flexibility index (Phi) is 1.24. The van der Waals surface area contributed by atoms with E-state index in [1.807, 2.05) is 0 Å². The smallest absolute Gasteiger partial charge is 0.105 e. The van der Waals surface area contributed by atoms with Gasteiger partial charge < -0.3 is 9.64 Å². The molecule has 0 aromatic rings. The van der Waals surface area contributed by atoms with E-state index in [1.54, 1.807) is 0 Å². The molecule has 1 N–H and O–H groups in total. The largest absolute Gasteiger partial charge is 0.461 e. The molecule has 3 saturated heterocycles. The molecule has 2 bridgehead atoms. The summed E-state index contributed by atoms with van der Waals surface area (Å²) in [5, 5.41) is 0. The molecule has 0 aromatic heterocycles. The van der Waals surface area contributed by atoms with Crippen LogP contribution in [0.4, 0.5) is 0 Å². The lowest BCUT2D eigenvalue weighted by atomic mass is 9.98. The Morgan fingerprint density at radius 2 is 2.33 bits per heavy atom. The van der Waals surface area contributed by atoms with Crippen LogP contribution in [0, 0.1) is 7.05 Å². The maximum absolute atomic E-state index is 5.49. The van der Waals surface area contributed by atoms with Gasteiger partial charge in [0.25, 0.3) is 0 Å². The highest BCUT2D eigenvalue weighted by atomic mass is 16.5. The number of rotatable bonds is 0. The zero-order valence-corrected chi connectivity index (χ0v) is 5.60. The Hall–Kier alpha value is -0.0800. The van der Waals surface area contributed by atoms with Crippen molar-refractivity contribution in [3.63, 3.8) is 0 Å². The van der Waals surface area contributed by atoms with Crippen molar-refractivity contribution in [1.82, 2.24) is 0 Å². The quantitative estimate of drug-likeness (QED) is 0.422. The van der Waals surface area contributed by atoms with Crippen LogP contribution in [-0.2, 0) is 4.74 Å². The number of quaternary nitrogens is 1. The Morgan fingerprint density at radius 1 is 1.44 bits per heavy atom. The number of hydrogen-bond acceptors (Lipinski definition) is 1. The third-order valence-corrected chi connectivity index (χ3v) is 2.44. The van der Waals surface area contributed by atoms with Crippen LogP contribution in [0.25, 0.3) is 0 Å². The number of ether oxygens (including phenoxy) is 1. The predicted octanol–water partition coefficient (Wildman–Crippen LogP) is -0.776.